The van der Waals surface area contributed by atoms with E-state index >= 15 is 0 Å². The van der Waals surface area contributed by atoms with Gasteiger partial charge in [0.05, 0.1) is 7.11 Å². The number of hydrogen-bond donors (Lipinski definition) is 3. The molecule has 1 aromatic heterocycles. The maximum atomic E-state index is 5.90. The zero-order valence-corrected chi connectivity index (χ0v) is 13.6. The summed E-state index contributed by atoms with van der Waals surface area (Å²) < 4.78 is 5.43. The second kappa shape index (κ2) is 7.14. The summed E-state index contributed by atoms with van der Waals surface area (Å²) in [6.07, 6.45) is 0.730. The molecular weight excluding hydrogens is 302 g/mol. The molecule has 3 aromatic rings. The molecule has 0 saturated heterocycles. The second-order valence-corrected chi connectivity index (χ2v) is 5.46. The largest absolute Gasteiger partial charge is 0.494 e. The van der Waals surface area contributed by atoms with Gasteiger partial charge in [-0.15, -0.1) is 0 Å². The number of benzene rings is 2. The number of ether oxygens (including phenoxy) is 1. The van der Waals surface area contributed by atoms with Crippen LogP contribution in [0.3, 0.4) is 0 Å². The van der Waals surface area contributed by atoms with Gasteiger partial charge in [-0.05, 0) is 30.2 Å². The van der Waals surface area contributed by atoms with Crippen LogP contribution >= 0.6 is 0 Å². The summed E-state index contributed by atoms with van der Waals surface area (Å²) in [6, 6.07) is 14.0. The Morgan fingerprint density at radius 2 is 1.88 bits per heavy atom. The Labute approximate surface area is 140 Å². The fourth-order valence-corrected chi connectivity index (χ4v) is 2.74. The molecule has 1 heterocycles. The van der Waals surface area contributed by atoms with E-state index < -0.39 is 0 Å². The zero-order chi connectivity index (χ0) is 16.9. The smallest absolute Gasteiger partial charge is 0.222 e. The summed E-state index contributed by atoms with van der Waals surface area (Å²) >= 11 is 0. The van der Waals surface area contributed by atoms with E-state index in [1.807, 2.05) is 30.3 Å². The standard InChI is InChI=1S/C18H21N5O/c1-24-14-8-7-13(9-10-19)15-16(14)22-18(20)23-17(15)21-11-12-5-3-2-4-6-12/h2-8H,9-11,19H2,1H3,(H3,20,21,22,23). The fourth-order valence-electron chi connectivity index (χ4n) is 2.74. The molecule has 0 spiro atoms. The maximum absolute atomic E-state index is 5.90. The van der Waals surface area contributed by atoms with Gasteiger partial charge in [-0.2, -0.15) is 4.98 Å². The first-order valence-corrected chi connectivity index (χ1v) is 7.84. The predicted molar refractivity (Wildman–Crippen MR) is 97.0 cm³/mol. The monoisotopic (exact) mass is 323 g/mol. The lowest BCUT2D eigenvalue weighted by atomic mass is 10.0. The van der Waals surface area contributed by atoms with Crippen molar-refractivity contribution in [3.8, 4) is 5.75 Å². The van der Waals surface area contributed by atoms with Crippen molar-refractivity contribution in [3.63, 3.8) is 0 Å². The van der Waals surface area contributed by atoms with Crippen LogP contribution in [0.25, 0.3) is 10.9 Å². The van der Waals surface area contributed by atoms with Gasteiger partial charge in [0.2, 0.25) is 5.95 Å². The van der Waals surface area contributed by atoms with Crippen LogP contribution in [0.1, 0.15) is 11.1 Å². The van der Waals surface area contributed by atoms with Crippen molar-refractivity contribution in [1.29, 1.82) is 0 Å². The Balaban J connectivity index is 2.07. The molecule has 0 unspecified atom stereocenters. The van der Waals surface area contributed by atoms with E-state index in [2.05, 4.69) is 27.4 Å². The number of methoxy groups -OCH3 is 1. The minimum atomic E-state index is 0.210. The first kappa shape index (κ1) is 16.0. The number of nitrogens with two attached hydrogens (primary N) is 2. The number of nitrogen functional groups attached to an aromatic ring is 1. The summed E-state index contributed by atoms with van der Waals surface area (Å²) in [6.45, 7) is 1.19. The van der Waals surface area contributed by atoms with Crippen molar-refractivity contribution in [2.24, 2.45) is 5.73 Å². The lowest BCUT2D eigenvalue weighted by molar-refractivity contribution is 0.419. The molecule has 6 heteroatoms. The van der Waals surface area contributed by atoms with Crippen molar-refractivity contribution in [2.75, 3.05) is 24.7 Å². The third-order valence-corrected chi connectivity index (χ3v) is 3.85. The topological polar surface area (TPSA) is 99.1 Å². The van der Waals surface area contributed by atoms with Crippen molar-refractivity contribution in [3.05, 3.63) is 53.6 Å². The molecule has 0 saturated carbocycles. The molecule has 0 aliphatic rings. The van der Waals surface area contributed by atoms with Gasteiger partial charge in [0.15, 0.2) is 0 Å². The summed E-state index contributed by atoms with van der Waals surface area (Å²) in [5.41, 5.74) is 14.6. The fraction of sp³-hybridized carbons (Fsp3) is 0.222. The Morgan fingerprint density at radius 1 is 1.08 bits per heavy atom. The Morgan fingerprint density at radius 3 is 2.58 bits per heavy atom. The third kappa shape index (κ3) is 3.23. The summed E-state index contributed by atoms with van der Waals surface area (Å²) in [5.74, 6) is 1.58. The Bertz CT molecular complexity index is 836. The third-order valence-electron chi connectivity index (χ3n) is 3.85. The van der Waals surface area contributed by atoms with Crippen LogP contribution in [0.5, 0.6) is 5.75 Å². The van der Waals surface area contributed by atoms with Gasteiger partial charge in [0.25, 0.3) is 0 Å². The zero-order valence-electron chi connectivity index (χ0n) is 13.6. The van der Waals surface area contributed by atoms with Crippen molar-refractivity contribution >= 4 is 22.7 Å². The quantitative estimate of drug-likeness (QED) is 0.644. The van der Waals surface area contributed by atoms with Crippen LogP contribution in [0.4, 0.5) is 11.8 Å². The predicted octanol–water partition coefficient (Wildman–Crippen LogP) is 2.33. The first-order valence-electron chi connectivity index (χ1n) is 7.84. The van der Waals surface area contributed by atoms with Gasteiger partial charge < -0.3 is 21.5 Å². The summed E-state index contributed by atoms with van der Waals surface area (Å²) in [7, 11) is 1.62. The number of nitrogens with one attached hydrogen (secondary N) is 1. The SMILES string of the molecule is COc1ccc(CCN)c2c(NCc3ccccc3)nc(N)nc12. The molecule has 24 heavy (non-hydrogen) atoms. The van der Waals surface area contributed by atoms with Crippen molar-refractivity contribution in [1.82, 2.24) is 9.97 Å². The number of rotatable bonds is 6. The molecule has 5 N–H and O–H groups in total. The van der Waals surface area contributed by atoms with Crippen molar-refractivity contribution < 1.29 is 4.74 Å². The number of hydrogen-bond acceptors (Lipinski definition) is 6. The Hall–Kier alpha value is -2.86. The molecule has 0 radical (unpaired) electrons. The molecular formula is C18H21N5O. The molecule has 0 aliphatic heterocycles. The van der Waals surface area contributed by atoms with E-state index in [0.29, 0.717) is 30.2 Å². The van der Waals surface area contributed by atoms with Gasteiger partial charge in [0.1, 0.15) is 17.1 Å². The van der Waals surface area contributed by atoms with Crippen LogP contribution in [0.2, 0.25) is 0 Å². The Kier molecular flexibility index (Phi) is 4.77. The van der Waals surface area contributed by atoms with Gasteiger partial charge >= 0.3 is 0 Å². The normalized spacial score (nSPS) is 10.8. The number of nitrogens with zero attached hydrogens (tertiary/aromatic N) is 2. The van der Waals surface area contributed by atoms with Crippen LogP contribution in [-0.2, 0) is 13.0 Å². The van der Waals surface area contributed by atoms with E-state index in [1.165, 1.54) is 0 Å². The first-order chi connectivity index (χ1) is 11.7. The van der Waals surface area contributed by atoms with E-state index in [4.69, 9.17) is 16.2 Å². The molecule has 124 valence electrons. The van der Waals surface area contributed by atoms with Gasteiger partial charge in [0, 0.05) is 11.9 Å². The lowest BCUT2D eigenvalue weighted by Gasteiger charge is -2.15. The lowest BCUT2D eigenvalue weighted by Crippen LogP contribution is -2.09. The molecule has 0 bridgehead atoms. The minimum Gasteiger partial charge on any atom is -0.494 e. The number of aromatic nitrogens is 2. The number of anilines is 2. The molecule has 2 aromatic carbocycles. The average Bonchev–Trinajstić information content (AvgIpc) is 2.60. The minimum absolute atomic E-state index is 0.210. The van der Waals surface area contributed by atoms with E-state index in [-0.39, 0.29) is 5.95 Å². The van der Waals surface area contributed by atoms with E-state index in [9.17, 15) is 0 Å². The van der Waals surface area contributed by atoms with Crippen LogP contribution in [0, 0.1) is 0 Å². The molecule has 0 aliphatic carbocycles. The molecule has 0 atom stereocenters. The highest BCUT2D eigenvalue weighted by molar-refractivity contribution is 5.96. The molecule has 6 nitrogen and oxygen atoms in total. The maximum Gasteiger partial charge on any atom is 0.222 e. The van der Waals surface area contributed by atoms with Gasteiger partial charge in [-0.1, -0.05) is 36.4 Å². The van der Waals surface area contributed by atoms with Gasteiger partial charge in [-0.3, -0.25) is 0 Å². The van der Waals surface area contributed by atoms with E-state index in [1.54, 1.807) is 7.11 Å². The summed E-state index contributed by atoms with van der Waals surface area (Å²) in [5, 5.41) is 4.27. The number of fused-ring (bicyclic) bond motifs is 1. The molecule has 3 rings (SSSR count). The second-order valence-electron chi connectivity index (χ2n) is 5.46. The molecule has 0 amide bonds. The average molecular weight is 323 g/mol. The van der Waals surface area contributed by atoms with Crippen LogP contribution in [0.15, 0.2) is 42.5 Å². The van der Waals surface area contributed by atoms with Crippen LogP contribution in [-0.4, -0.2) is 23.6 Å². The highest BCUT2D eigenvalue weighted by atomic mass is 16.5. The van der Waals surface area contributed by atoms with E-state index in [0.717, 1.165) is 22.9 Å². The van der Waals surface area contributed by atoms with Crippen LogP contribution < -0.4 is 21.5 Å². The highest BCUT2D eigenvalue weighted by Gasteiger charge is 2.14. The van der Waals surface area contributed by atoms with Gasteiger partial charge in [-0.25, -0.2) is 4.98 Å². The van der Waals surface area contributed by atoms with Crippen molar-refractivity contribution in [2.45, 2.75) is 13.0 Å². The highest BCUT2D eigenvalue weighted by Crippen LogP contribution is 2.32. The summed E-state index contributed by atoms with van der Waals surface area (Å²) in [4.78, 5) is 8.76. The molecule has 0 fully saturated rings.